The lowest BCUT2D eigenvalue weighted by atomic mass is 10.4. The third-order valence-electron chi connectivity index (χ3n) is 1.98. The number of rotatable bonds is 2. The third kappa shape index (κ3) is 1.32. The van der Waals surface area contributed by atoms with E-state index in [-0.39, 0.29) is 0 Å². The minimum atomic E-state index is 0.469. The Bertz CT molecular complexity index is 471. The summed E-state index contributed by atoms with van der Waals surface area (Å²) in [5.74, 6) is 0.469. The molecule has 2 aromatic heterocycles. The second kappa shape index (κ2) is 3.45. The van der Waals surface area contributed by atoms with E-state index in [9.17, 15) is 0 Å². The van der Waals surface area contributed by atoms with Gasteiger partial charge in [0.15, 0.2) is 11.5 Å². The first-order chi connectivity index (χ1) is 6.83. The molecule has 0 fully saturated rings. The first kappa shape index (κ1) is 8.68. The van der Waals surface area contributed by atoms with Crippen molar-refractivity contribution in [3.8, 4) is 0 Å². The van der Waals surface area contributed by atoms with Gasteiger partial charge in [-0.2, -0.15) is 0 Å². The third-order valence-corrected chi connectivity index (χ3v) is 1.98. The summed E-state index contributed by atoms with van der Waals surface area (Å²) in [7, 11) is 0. The number of hydrogen-bond donors (Lipinski definition) is 1. The lowest BCUT2D eigenvalue weighted by Crippen LogP contribution is -1.99. The van der Waals surface area contributed by atoms with E-state index < -0.39 is 0 Å². The van der Waals surface area contributed by atoms with Crippen LogP contribution in [0.3, 0.4) is 0 Å². The number of nitrogens with zero attached hydrogens (tertiary/aromatic N) is 4. The summed E-state index contributed by atoms with van der Waals surface area (Å²) in [6, 6.07) is 0. The van der Waals surface area contributed by atoms with Crippen LogP contribution in [0.4, 0.5) is 5.82 Å². The lowest BCUT2D eigenvalue weighted by Gasteiger charge is -2.00. The zero-order chi connectivity index (χ0) is 9.97. The molecule has 2 heterocycles. The Morgan fingerprint density at radius 2 is 2.29 bits per heavy atom. The number of aromatic nitrogens is 4. The van der Waals surface area contributed by atoms with Crippen molar-refractivity contribution in [1.82, 2.24) is 19.5 Å². The first-order valence-electron chi connectivity index (χ1n) is 4.35. The van der Waals surface area contributed by atoms with Crippen molar-refractivity contribution < 1.29 is 0 Å². The van der Waals surface area contributed by atoms with E-state index in [1.807, 2.05) is 23.6 Å². The van der Waals surface area contributed by atoms with E-state index in [0.717, 1.165) is 12.1 Å². The van der Waals surface area contributed by atoms with Crippen molar-refractivity contribution >= 4 is 17.0 Å². The van der Waals surface area contributed by atoms with Gasteiger partial charge in [-0.3, -0.25) is 0 Å². The second-order valence-electron chi connectivity index (χ2n) is 2.90. The van der Waals surface area contributed by atoms with Crippen molar-refractivity contribution in [2.75, 3.05) is 5.73 Å². The van der Waals surface area contributed by atoms with Crippen LogP contribution in [0.1, 0.15) is 6.92 Å². The quantitative estimate of drug-likeness (QED) is 0.715. The molecule has 0 unspecified atom stereocenters. The molecule has 0 aliphatic rings. The zero-order valence-electron chi connectivity index (χ0n) is 7.88. The zero-order valence-corrected chi connectivity index (χ0v) is 7.88. The summed E-state index contributed by atoms with van der Waals surface area (Å²) in [5.41, 5.74) is 7.17. The highest BCUT2D eigenvalue weighted by Crippen LogP contribution is 2.14. The first-order valence-corrected chi connectivity index (χ1v) is 4.35. The smallest absolute Gasteiger partial charge is 0.182 e. The average molecular weight is 189 g/mol. The molecule has 5 nitrogen and oxygen atoms in total. The lowest BCUT2D eigenvalue weighted by molar-refractivity contribution is 0.847. The van der Waals surface area contributed by atoms with Crippen LogP contribution >= 0.6 is 0 Å². The molecular formula is C9H11N5. The van der Waals surface area contributed by atoms with Gasteiger partial charge in [0.2, 0.25) is 0 Å². The summed E-state index contributed by atoms with van der Waals surface area (Å²) < 4.78 is 1.92. The van der Waals surface area contributed by atoms with Gasteiger partial charge in [0.1, 0.15) is 11.8 Å². The molecular weight excluding hydrogens is 178 g/mol. The molecule has 0 saturated heterocycles. The van der Waals surface area contributed by atoms with Crippen molar-refractivity contribution in [3.05, 3.63) is 24.8 Å². The Kier molecular flexibility index (Phi) is 2.14. The number of anilines is 1. The van der Waals surface area contributed by atoms with Gasteiger partial charge in [0.05, 0.1) is 6.33 Å². The molecule has 72 valence electrons. The maximum Gasteiger partial charge on any atom is 0.182 e. The molecule has 0 aromatic carbocycles. The molecule has 2 rings (SSSR count). The van der Waals surface area contributed by atoms with Gasteiger partial charge < -0.3 is 10.3 Å². The molecule has 14 heavy (non-hydrogen) atoms. The molecule has 5 heteroatoms. The number of hydrogen-bond acceptors (Lipinski definition) is 4. The van der Waals surface area contributed by atoms with Crippen LogP contribution in [0, 0.1) is 0 Å². The minimum absolute atomic E-state index is 0.469. The van der Waals surface area contributed by atoms with Gasteiger partial charge in [-0.1, -0.05) is 12.2 Å². The van der Waals surface area contributed by atoms with Crippen LogP contribution in [0.15, 0.2) is 24.8 Å². The van der Waals surface area contributed by atoms with Gasteiger partial charge in [-0.25, -0.2) is 15.0 Å². The van der Waals surface area contributed by atoms with Gasteiger partial charge in [-0.15, -0.1) is 0 Å². The molecule has 2 aromatic rings. The van der Waals surface area contributed by atoms with E-state index in [0.29, 0.717) is 11.5 Å². The van der Waals surface area contributed by atoms with E-state index in [2.05, 4.69) is 15.0 Å². The van der Waals surface area contributed by atoms with Crippen molar-refractivity contribution in [3.63, 3.8) is 0 Å². The van der Waals surface area contributed by atoms with Gasteiger partial charge in [0, 0.05) is 6.54 Å². The number of fused-ring (bicyclic) bond motifs is 1. The fourth-order valence-electron chi connectivity index (χ4n) is 1.29. The monoisotopic (exact) mass is 189 g/mol. The highest BCUT2D eigenvalue weighted by atomic mass is 15.1. The van der Waals surface area contributed by atoms with E-state index in [1.165, 1.54) is 6.33 Å². The van der Waals surface area contributed by atoms with Crippen molar-refractivity contribution in [2.45, 2.75) is 13.5 Å². The number of nitrogen functional groups attached to an aromatic ring is 1. The van der Waals surface area contributed by atoms with Crippen molar-refractivity contribution in [1.29, 1.82) is 0 Å². The van der Waals surface area contributed by atoms with Crippen LogP contribution < -0.4 is 5.73 Å². The van der Waals surface area contributed by atoms with Crippen LogP contribution in [0.25, 0.3) is 11.2 Å². The average Bonchev–Trinajstić information content (AvgIpc) is 2.59. The topological polar surface area (TPSA) is 69.6 Å². The standard InChI is InChI=1S/C9H11N5/c1-2-3-4-14-6-13-9-7(14)8(10)11-5-12-9/h2-3,5-6H,4H2,1H3,(H2,10,11,12)/b3-2+. The van der Waals surface area contributed by atoms with E-state index in [4.69, 9.17) is 5.73 Å². The Labute approximate surface area is 81.3 Å². The Hall–Kier alpha value is -1.91. The molecule has 0 amide bonds. The Morgan fingerprint density at radius 1 is 1.43 bits per heavy atom. The summed E-state index contributed by atoms with van der Waals surface area (Å²) >= 11 is 0. The summed E-state index contributed by atoms with van der Waals surface area (Å²) in [5, 5.41) is 0. The predicted octanol–water partition coefficient (Wildman–Crippen LogP) is 0.985. The molecule has 0 saturated carbocycles. The molecule has 0 aliphatic heterocycles. The molecule has 0 aliphatic carbocycles. The highest BCUT2D eigenvalue weighted by molar-refractivity contribution is 5.81. The van der Waals surface area contributed by atoms with Crippen LogP contribution in [-0.4, -0.2) is 19.5 Å². The van der Waals surface area contributed by atoms with Crippen LogP contribution in [-0.2, 0) is 6.54 Å². The highest BCUT2D eigenvalue weighted by Gasteiger charge is 2.06. The van der Waals surface area contributed by atoms with Crippen molar-refractivity contribution in [2.24, 2.45) is 0 Å². The molecule has 0 spiro atoms. The number of nitrogens with two attached hydrogens (primary N) is 1. The predicted molar refractivity (Wildman–Crippen MR) is 54.5 cm³/mol. The van der Waals surface area contributed by atoms with E-state index in [1.54, 1.807) is 6.33 Å². The molecule has 0 radical (unpaired) electrons. The molecule has 2 N–H and O–H groups in total. The second-order valence-corrected chi connectivity index (χ2v) is 2.90. The largest absolute Gasteiger partial charge is 0.382 e. The fourth-order valence-corrected chi connectivity index (χ4v) is 1.29. The minimum Gasteiger partial charge on any atom is -0.382 e. The van der Waals surface area contributed by atoms with Crippen LogP contribution in [0.5, 0.6) is 0 Å². The summed E-state index contributed by atoms with van der Waals surface area (Å²) in [6.07, 6.45) is 7.14. The fraction of sp³-hybridized carbons (Fsp3) is 0.222. The Balaban J connectivity index is 2.55. The van der Waals surface area contributed by atoms with E-state index >= 15 is 0 Å². The van der Waals surface area contributed by atoms with Gasteiger partial charge in [-0.05, 0) is 6.92 Å². The SMILES string of the molecule is C/C=C/Cn1cnc2ncnc(N)c21. The normalized spacial score (nSPS) is 11.5. The molecule has 0 bridgehead atoms. The van der Waals surface area contributed by atoms with Gasteiger partial charge >= 0.3 is 0 Å². The Morgan fingerprint density at radius 3 is 3.07 bits per heavy atom. The summed E-state index contributed by atoms with van der Waals surface area (Å²) in [6.45, 7) is 2.71. The van der Waals surface area contributed by atoms with Crippen LogP contribution in [0.2, 0.25) is 0 Å². The maximum absolute atomic E-state index is 5.74. The number of allylic oxidation sites excluding steroid dienone is 2. The number of imidazole rings is 1. The van der Waals surface area contributed by atoms with Gasteiger partial charge in [0.25, 0.3) is 0 Å². The maximum atomic E-state index is 5.74. The molecule has 0 atom stereocenters. The summed E-state index contributed by atoms with van der Waals surface area (Å²) in [4.78, 5) is 12.1.